The zero-order valence-electron chi connectivity index (χ0n) is 12.8. The fourth-order valence-corrected chi connectivity index (χ4v) is 3.26. The maximum Gasteiger partial charge on any atom is 0.239 e. The number of hydrogen-bond donors (Lipinski definition) is 1. The molecule has 4 nitrogen and oxygen atoms in total. The minimum atomic E-state index is 0.0383. The van der Waals surface area contributed by atoms with Crippen LogP contribution >= 0.6 is 11.3 Å². The largest absolute Gasteiger partial charge is 0.354 e. The highest BCUT2D eigenvalue weighted by Gasteiger charge is 2.09. The van der Waals surface area contributed by atoms with Gasteiger partial charge in [-0.25, -0.2) is 4.98 Å². The summed E-state index contributed by atoms with van der Waals surface area (Å²) in [6.07, 6.45) is 0.779. The molecular formula is C17H19N3OS. The van der Waals surface area contributed by atoms with Gasteiger partial charge < -0.3 is 9.88 Å². The molecule has 3 aromatic rings. The molecule has 0 fully saturated rings. The van der Waals surface area contributed by atoms with Gasteiger partial charge in [0.25, 0.3) is 0 Å². The molecule has 2 aromatic heterocycles. The second kappa shape index (κ2) is 6.32. The van der Waals surface area contributed by atoms with Crippen LogP contribution in [-0.2, 0) is 17.8 Å². The number of rotatable bonds is 5. The van der Waals surface area contributed by atoms with Crippen molar-refractivity contribution in [3.8, 4) is 0 Å². The predicted molar refractivity (Wildman–Crippen MR) is 90.2 cm³/mol. The number of thiazole rings is 1. The van der Waals surface area contributed by atoms with Crippen LogP contribution in [0.3, 0.4) is 0 Å². The number of aryl methyl sites for hydroxylation is 2. The van der Waals surface area contributed by atoms with Gasteiger partial charge in [-0.05, 0) is 31.4 Å². The molecule has 0 bridgehead atoms. The Labute approximate surface area is 133 Å². The van der Waals surface area contributed by atoms with Crippen molar-refractivity contribution in [2.24, 2.45) is 0 Å². The number of carbonyl (C=O) groups excluding carboxylic acids is 1. The summed E-state index contributed by atoms with van der Waals surface area (Å²) in [6.45, 7) is 5.01. The molecule has 0 saturated heterocycles. The fraction of sp³-hybridized carbons (Fsp3) is 0.294. The maximum atomic E-state index is 12.2. The third-order valence-corrected chi connectivity index (χ3v) is 4.51. The van der Waals surface area contributed by atoms with Crippen LogP contribution in [0, 0.1) is 13.8 Å². The quantitative estimate of drug-likeness (QED) is 0.787. The molecule has 1 aromatic carbocycles. The van der Waals surface area contributed by atoms with Crippen LogP contribution in [0.1, 0.15) is 16.4 Å². The summed E-state index contributed by atoms with van der Waals surface area (Å²) in [4.78, 5) is 16.6. The summed E-state index contributed by atoms with van der Waals surface area (Å²) >= 11 is 1.64. The van der Waals surface area contributed by atoms with Gasteiger partial charge in [0.1, 0.15) is 6.54 Å². The first kappa shape index (κ1) is 14.8. The molecule has 1 N–H and O–H groups in total. The van der Waals surface area contributed by atoms with Crippen molar-refractivity contribution < 1.29 is 4.79 Å². The number of nitrogens with one attached hydrogen (secondary N) is 1. The molecule has 3 rings (SSSR count). The third-order valence-electron chi connectivity index (χ3n) is 3.69. The lowest BCUT2D eigenvalue weighted by molar-refractivity contribution is -0.121. The second-order valence-corrected chi connectivity index (χ2v) is 6.45. The van der Waals surface area contributed by atoms with Crippen LogP contribution in [0.4, 0.5) is 0 Å². The van der Waals surface area contributed by atoms with E-state index in [1.165, 1.54) is 5.39 Å². The molecule has 0 spiro atoms. The molecular weight excluding hydrogens is 294 g/mol. The van der Waals surface area contributed by atoms with E-state index < -0.39 is 0 Å². The summed E-state index contributed by atoms with van der Waals surface area (Å²) in [5.41, 5.74) is 3.25. The number of nitrogens with zero attached hydrogens (tertiary/aromatic N) is 2. The Bertz CT molecular complexity index is 803. The van der Waals surface area contributed by atoms with E-state index in [0.29, 0.717) is 13.1 Å². The highest BCUT2D eigenvalue weighted by Crippen LogP contribution is 2.18. The lowest BCUT2D eigenvalue weighted by Crippen LogP contribution is -2.29. The van der Waals surface area contributed by atoms with Crippen LogP contribution in [0.5, 0.6) is 0 Å². The van der Waals surface area contributed by atoms with Gasteiger partial charge in [-0.15, -0.1) is 11.3 Å². The van der Waals surface area contributed by atoms with Crippen LogP contribution in [0.25, 0.3) is 10.9 Å². The van der Waals surface area contributed by atoms with Gasteiger partial charge in [0.05, 0.1) is 10.7 Å². The molecule has 0 aliphatic heterocycles. The predicted octanol–water partition coefficient (Wildman–Crippen LogP) is 3.07. The Morgan fingerprint density at radius 3 is 2.91 bits per heavy atom. The Morgan fingerprint density at radius 1 is 1.32 bits per heavy atom. The lowest BCUT2D eigenvalue weighted by atomic mass is 10.2. The third kappa shape index (κ3) is 3.20. The van der Waals surface area contributed by atoms with Crippen LogP contribution in [0.2, 0.25) is 0 Å². The average Bonchev–Trinajstić information content (AvgIpc) is 3.03. The SMILES string of the molecule is Cc1nc(CCNC(=O)Cn2c(C)cc3ccccc32)cs1. The first-order valence-corrected chi connectivity index (χ1v) is 8.24. The van der Waals surface area contributed by atoms with Crippen molar-refractivity contribution in [3.63, 3.8) is 0 Å². The number of fused-ring (bicyclic) bond motifs is 1. The van der Waals surface area contributed by atoms with Crippen LogP contribution in [-0.4, -0.2) is 22.0 Å². The van der Waals surface area contributed by atoms with E-state index in [0.717, 1.165) is 28.3 Å². The molecule has 0 radical (unpaired) electrons. The number of aromatic nitrogens is 2. The minimum Gasteiger partial charge on any atom is -0.354 e. The fourth-order valence-electron chi connectivity index (χ4n) is 2.61. The lowest BCUT2D eigenvalue weighted by Gasteiger charge is -2.09. The van der Waals surface area contributed by atoms with E-state index in [4.69, 9.17) is 0 Å². The van der Waals surface area contributed by atoms with E-state index in [1.54, 1.807) is 11.3 Å². The standard InChI is InChI=1S/C17H19N3OS/c1-12-9-14-5-3-4-6-16(14)20(12)10-17(21)18-8-7-15-11-22-13(2)19-15/h3-6,9,11H,7-8,10H2,1-2H3,(H,18,21). The van der Waals surface area contributed by atoms with Gasteiger partial charge in [-0.1, -0.05) is 18.2 Å². The number of carbonyl (C=O) groups is 1. The topological polar surface area (TPSA) is 46.9 Å². The summed E-state index contributed by atoms with van der Waals surface area (Å²) in [5.74, 6) is 0.0383. The van der Waals surface area contributed by atoms with Crippen molar-refractivity contribution in [3.05, 3.63) is 52.1 Å². The molecule has 0 atom stereocenters. The van der Waals surface area contributed by atoms with Gasteiger partial charge in [0.2, 0.25) is 5.91 Å². The Balaban J connectivity index is 1.60. The number of amides is 1. The van der Waals surface area contributed by atoms with Crippen molar-refractivity contribution >= 4 is 28.1 Å². The highest BCUT2D eigenvalue weighted by molar-refractivity contribution is 7.09. The van der Waals surface area contributed by atoms with Gasteiger partial charge in [-0.3, -0.25) is 4.79 Å². The first-order valence-electron chi connectivity index (χ1n) is 7.36. The molecule has 0 aliphatic carbocycles. The summed E-state index contributed by atoms with van der Waals surface area (Å²) in [7, 11) is 0. The molecule has 114 valence electrons. The van der Waals surface area contributed by atoms with E-state index in [2.05, 4.69) is 27.0 Å². The molecule has 0 saturated carbocycles. The Hall–Kier alpha value is -2.14. The first-order chi connectivity index (χ1) is 10.6. The van der Waals surface area contributed by atoms with Crippen LogP contribution in [0.15, 0.2) is 35.7 Å². The van der Waals surface area contributed by atoms with E-state index in [-0.39, 0.29) is 5.91 Å². The molecule has 5 heteroatoms. The zero-order chi connectivity index (χ0) is 15.5. The highest BCUT2D eigenvalue weighted by atomic mass is 32.1. The maximum absolute atomic E-state index is 12.2. The Morgan fingerprint density at radius 2 is 2.14 bits per heavy atom. The van der Waals surface area contributed by atoms with E-state index in [9.17, 15) is 4.79 Å². The average molecular weight is 313 g/mol. The van der Waals surface area contributed by atoms with Crippen LogP contribution < -0.4 is 5.32 Å². The van der Waals surface area contributed by atoms with Gasteiger partial charge in [0, 0.05) is 29.6 Å². The van der Waals surface area contributed by atoms with Crippen molar-refractivity contribution in [2.45, 2.75) is 26.8 Å². The van der Waals surface area contributed by atoms with E-state index in [1.807, 2.05) is 37.4 Å². The summed E-state index contributed by atoms with van der Waals surface area (Å²) in [6, 6.07) is 10.2. The summed E-state index contributed by atoms with van der Waals surface area (Å²) in [5, 5.41) is 7.26. The van der Waals surface area contributed by atoms with Crippen molar-refractivity contribution in [2.75, 3.05) is 6.54 Å². The van der Waals surface area contributed by atoms with E-state index >= 15 is 0 Å². The molecule has 2 heterocycles. The van der Waals surface area contributed by atoms with Gasteiger partial charge >= 0.3 is 0 Å². The Kier molecular flexibility index (Phi) is 4.24. The normalized spacial score (nSPS) is 11.0. The van der Waals surface area contributed by atoms with Crippen molar-refractivity contribution in [1.82, 2.24) is 14.9 Å². The second-order valence-electron chi connectivity index (χ2n) is 5.39. The number of hydrogen-bond acceptors (Lipinski definition) is 3. The summed E-state index contributed by atoms with van der Waals surface area (Å²) < 4.78 is 2.05. The van der Waals surface area contributed by atoms with Gasteiger partial charge in [-0.2, -0.15) is 0 Å². The van der Waals surface area contributed by atoms with Crippen molar-refractivity contribution in [1.29, 1.82) is 0 Å². The smallest absolute Gasteiger partial charge is 0.239 e. The minimum absolute atomic E-state index is 0.0383. The molecule has 22 heavy (non-hydrogen) atoms. The molecule has 0 unspecified atom stereocenters. The monoisotopic (exact) mass is 313 g/mol. The van der Waals surface area contributed by atoms with Gasteiger partial charge in [0.15, 0.2) is 0 Å². The molecule has 0 aliphatic rings. The number of para-hydroxylation sites is 1. The zero-order valence-corrected chi connectivity index (χ0v) is 13.6. The number of benzene rings is 1. The molecule has 1 amide bonds.